The van der Waals surface area contributed by atoms with Crippen molar-refractivity contribution in [3.63, 3.8) is 0 Å². The van der Waals surface area contributed by atoms with Crippen LogP contribution in [0.5, 0.6) is 0 Å². The third kappa shape index (κ3) is 9.06. The Labute approximate surface area is 202 Å². The number of anilines is 1. The van der Waals surface area contributed by atoms with Crippen LogP contribution < -0.4 is 9.88 Å². The van der Waals surface area contributed by atoms with Gasteiger partial charge in [-0.2, -0.15) is 16.8 Å². The number of nitrogens with zero attached hydrogens (tertiary/aromatic N) is 3. The number of para-hydroxylation sites is 1. The van der Waals surface area contributed by atoms with E-state index in [-0.39, 0.29) is 11.5 Å². The normalized spacial score (nSPS) is 12.5. The smallest absolute Gasteiger partial charge is 0.372 e. The molecular formula is C21H27N4O6S3+. The van der Waals surface area contributed by atoms with Gasteiger partial charge in [0.2, 0.25) is 0 Å². The lowest BCUT2D eigenvalue weighted by atomic mass is 10.2. The van der Waals surface area contributed by atoms with Gasteiger partial charge < -0.3 is 4.90 Å². The van der Waals surface area contributed by atoms with Crippen LogP contribution in [-0.4, -0.2) is 50.5 Å². The molecule has 2 aromatic carbocycles. The lowest BCUT2D eigenvalue weighted by Crippen LogP contribution is -2.26. The fourth-order valence-electron chi connectivity index (χ4n) is 3.33. The number of aromatic nitrogens is 1. The summed E-state index contributed by atoms with van der Waals surface area (Å²) in [4.78, 5) is 5.21. The maximum absolute atomic E-state index is 10.9. The molecule has 0 saturated carbocycles. The molecule has 0 atom stereocenters. The minimum Gasteiger partial charge on any atom is -0.372 e. The number of thiazole rings is 1. The molecule has 34 heavy (non-hydrogen) atoms. The van der Waals surface area contributed by atoms with Gasteiger partial charge in [0.05, 0.1) is 21.3 Å². The van der Waals surface area contributed by atoms with E-state index in [0.29, 0.717) is 49.6 Å². The Kier molecular flexibility index (Phi) is 9.08. The summed E-state index contributed by atoms with van der Waals surface area (Å²) in [6.07, 6.45) is 1.67. The van der Waals surface area contributed by atoms with E-state index in [1.54, 1.807) is 0 Å². The second kappa shape index (κ2) is 11.8. The molecule has 0 saturated heterocycles. The molecule has 3 aromatic rings. The minimum atomic E-state index is -4.01. The molecule has 184 valence electrons. The Morgan fingerprint density at radius 1 is 0.794 bits per heavy atom. The third-order valence-electron chi connectivity index (χ3n) is 4.97. The number of unbranched alkanes of at least 4 members (excludes halogenated alkanes) is 2. The largest absolute Gasteiger partial charge is 0.407 e. The summed E-state index contributed by atoms with van der Waals surface area (Å²) in [5.74, 6) is -0.616. The first-order chi connectivity index (χ1) is 16.1. The molecule has 0 spiro atoms. The minimum absolute atomic E-state index is 0.304. The quantitative estimate of drug-likeness (QED) is 0.191. The van der Waals surface area contributed by atoms with Crippen LogP contribution in [-0.2, 0) is 20.2 Å². The number of rotatable bonds is 13. The molecule has 3 rings (SSSR count). The average molecular weight is 528 g/mol. The van der Waals surface area contributed by atoms with Gasteiger partial charge in [-0.1, -0.05) is 12.1 Å². The van der Waals surface area contributed by atoms with Gasteiger partial charge in [-0.05, 0) is 78.5 Å². The highest BCUT2D eigenvalue weighted by atomic mass is 32.2. The predicted molar refractivity (Wildman–Crippen MR) is 133 cm³/mol. The van der Waals surface area contributed by atoms with Gasteiger partial charge in [0.25, 0.3) is 20.2 Å². The van der Waals surface area contributed by atoms with E-state index in [1.165, 1.54) is 11.3 Å². The lowest BCUT2D eigenvalue weighted by molar-refractivity contribution is -0.323. The maximum Gasteiger partial charge on any atom is 0.407 e. The molecule has 1 aromatic heterocycles. The Morgan fingerprint density at radius 2 is 1.38 bits per heavy atom. The third-order valence-corrected chi connectivity index (χ3v) is 7.53. The molecule has 0 fully saturated rings. The number of hydrogen-bond acceptors (Lipinski definition) is 8. The first-order valence-electron chi connectivity index (χ1n) is 10.7. The van der Waals surface area contributed by atoms with E-state index in [4.69, 9.17) is 9.11 Å². The zero-order chi connectivity index (χ0) is 24.6. The second-order valence-electron chi connectivity index (χ2n) is 7.72. The summed E-state index contributed by atoms with van der Waals surface area (Å²) < 4.78 is 62.7. The summed E-state index contributed by atoms with van der Waals surface area (Å²) in [6.45, 7) is 1.05. The Morgan fingerprint density at radius 3 is 1.94 bits per heavy atom. The van der Waals surface area contributed by atoms with Crippen molar-refractivity contribution in [1.29, 1.82) is 0 Å². The van der Waals surface area contributed by atoms with Crippen LogP contribution >= 0.6 is 11.3 Å². The van der Waals surface area contributed by atoms with E-state index in [9.17, 15) is 16.8 Å². The van der Waals surface area contributed by atoms with Crippen molar-refractivity contribution >= 4 is 58.3 Å². The van der Waals surface area contributed by atoms with Gasteiger partial charge in [-0.25, -0.2) is 4.98 Å². The number of aromatic amines is 1. The first kappa shape index (κ1) is 26.2. The number of nitrogens with one attached hydrogen (secondary N) is 1. The molecule has 0 aliphatic carbocycles. The van der Waals surface area contributed by atoms with Crippen LogP contribution in [0.4, 0.5) is 16.5 Å². The molecule has 1 heterocycles. The SMILES string of the molecule is O=S(=O)(O)CCCCN(CCCCS(=O)(=O)O)c1ccc(N=Nc2[nH+]c3ccccc3s2)cc1. The second-order valence-corrected chi connectivity index (χ2v) is 11.9. The molecule has 0 aliphatic rings. The van der Waals surface area contributed by atoms with Crippen molar-refractivity contribution < 1.29 is 30.9 Å². The molecular weight excluding hydrogens is 500 g/mol. The van der Waals surface area contributed by atoms with Crippen molar-refractivity contribution in [2.45, 2.75) is 25.7 Å². The average Bonchev–Trinajstić information content (AvgIpc) is 3.19. The van der Waals surface area contributed by atoms with E-state index in [1.807, 2.05) is 53.4 Å². The van der Waals surface area contributed by atoms with Gasteiger partial charge in [-0.3, -0.25) is 9.11 Å². The number of hydrogen-bond donors (Lipinski definition) is 2. The Balaban J connectivity index is 1.63. The molecule has 0 bridgehead atoms. The molecule has 13 heteroatoms. The topological polar surface area (TPSA) is 151 Å². The summed E-state index contributed by atoms with van der Waals surface area (Å²) in [5.41, 5.74) is 2.52. The maximum atomic E-state index is 10.9. The number of azo groups is 1. The zero-order valence-corrected chi connectivity index (χ0v) is 20.8. The fraction of sp³-hybridized carbons (Fsp3) is 0.381. The Bertz CT molecular complexity index is 1250. The Hall–Kier alpha value is -2.45. The van der Waals surface area contributed by atoms with Gasteiger partial charge >= 0.3 is 5.13 Å². The van der Waals surface area contributed by atoms with E-state index < -0.39 is 20.2 Å². The summed E-state index contributed by atoms with van der Waals surface area (Å²) in [6, 6.07) is 15.3. The summed E-state index contributed by atoms with van der Waals surface area (Å²) >= 11 is 1.50. The highest BCUT2D eigenvalue weighted by Gasteiger charge is 2.12. The summed E-state index contributed by atoms with van der Waals surface area (Å²) in [5, 5.41) is 9.23. The van der Waals surface area contributed by atoms with Crippen LogP contribution in [0.15, 0.2) is 58.8 Å². The number of benzene rings is 2. The number of H-pyrrole nitrogens is 1. The van der Waals surface area contributed by atoms with Gasteiger partial charge in [0.15, 0.2) is 0 Å². The van der Waals surface area contributed by atoms with E-state index in [0.717, 1.165) is 15.9 Å². The van der Waals surface area contributed by atoms with E-state index in [2.05, 4.69) is 15.2 Å². The molecule has 0 radical (unpaired) electrons. The summed E-state index contributed by atoms with van der Waals surface area (Å²) in [7, 11) is -8.01. The van der Waals surface area contributed by atoms with Crippen molar-refractivity contribution in [3.8, 4) is 0 Å². The number of fused-ring (bicyclic) bond motifs is 1. The van der Waals surface area contributed by atoms with E-state index >= 15 is 0 Å². The van der Waals surface area contributed by atoms with Crippen molar-refractivity contribution in [1.82, 2.24) is 0 Å². The van der Waals surface area contributed by atoms with Crippen molar-refractivity contribution in [2.24, 2.45) is 10.2 Å². The fourth-order valence-corrected chi connectivity index (χ4v) is 5.29. The molecule has 3 N–H and O–H groups in total. The van der Waals surface area contributed by atoms with Crippen LogP contribution in [0.3, 0.4) is 0 Å². The zero-order valence-electron chi connectivity index (χ0n) is 18.4. The molecule has 0 amide bonds. The highest BCUT2D eigenvalue weighted by Crippen LogP contribution is 2.26. The lowest BCUT2D eigenvalue weighted by Gasteiger charge is -2.25. The predicted octanol–water partition coefficient (Wildman–Crippen LogP) is 4.27. The molecule has 0 aliphatic heterocycles. The van der Waals surface area contributed by atoms with Crippen molar-refractivity contribution in [2.75, 3.05) is 29.5 Å². The van der Waals surface area contributed by atoms with Crippen LogP contribution in [0.25, 0.3) is 10.2 Å². The van der Waals surface area contributed by atoms with Gasteiger partial charge in [0, 0.05) is 18.8 Å². The first-order valence-corrected chi connectivity index (χ1v) is 14.7. The van der Waals surface area contributed by atoms with Gasteiger partial charge in [-0.15, -0.1) is 0 Å². The highest BCUT2D eigenvalue weighted by molar-refractivity contribution is 7.86. The van der Waals surface area contributed by atoms with Crippen LogP contribution in [0, 0.1) is 0 Å². The monoisotopic (exact) mass is 527 g/mol. The van der Waals surface area contributed by atoms with Crippen LogP contribution in [0.2, 0.25) is 0 Å². The van der Waals surface area contributed by atoms with Crippen molar-refractivity contribution in [3.05, 3.63) is 48.5 Å². The van der Waals surface area contributed by atoms with Gasteiger partial charge in [0.1, 0.15) is 11.2 Å². The standard InChI is InChI=1S/C21H26N4O6S3/c26-33(27,28)15-5-3-13-25(14-4-6-16-34(29,30)31)18-11-9-17(10-12-18)23-24-21-22-19-7-1-2-8-20(19)32-21/h1-2,7-12H,3-6,13-16H2,(H,26,27,28)(H,29,30,31)/p+1. The molecule has 0 unspecified atom stereocenters. The molecule has 10 nitrogen and oxygen atoms in total. The van der Waals surface area contributed by atoms with Crippen LogP contribution in [0.1, 0.15) is 25.7 Å².